The number of rotatable bonds is 1. The summed E-state index contributed by atoms with van der Waals surface area (Å²) < 4.78 is 0. The molecule has 0 amide bonds. The minimum atomic E-state index is 0.284. The Kier molecular flexibility index (Phi) is 2.41. The Balaban J connectivity index is 2.39. The van der Waals surface area contributed by atoms with Crippen LogP contribution in [0.2, 0.25) is 0 Å². The molecule has 1 aromatic carbocycles. The zero-order valence-corrected chi connectivity index (χ0v) is 9.96. The van der Waals surface area contributed by atoms with E-state index in [1.54, 1.807) is 6.20 Å². The number of nitrogens with zero attached hydrogens (tertiary/aromatic N) is 3. The van der Waals surface area contributed by atoms with Gasteiger partial charge in [-0.15, -0.1) is 0 Å². The molecule has 0 bridgehead atoms. The van der Waals surface area contributed by atoms with E-state index in [1.807, 2.05) is 43.5 Å². The summed E-state index contributed by atoms with van der Waals surface area (Å²) in [5.74, 6) is 0.284. The van der Waals surface area contributed by atoms with Crippen LogP contribution in [0.25, 0.3) is 22.2 Å². The number of anilines is 1. The molecule has 18 heavy (non-hydrogen) atoms. The number of para-hydroxylation sites is 1. The highest BCUT2D eigenvalue weighted by Crippen LogP contribution is 2.28. The molecule has 88 valence electrons. The second kappa shape index (κ2) is 4.07. The van der Waals surface area contributed by atoms with Crippen molar-refractivity contribution in [3.8, 4) is 11.3 Å². The Morgan fingerprint density at radius 3 is 2.72 bits per heavy atom. The lowest BCUT2D eigenvalue weighted by Crippen LogP contribution is -1.99. The zero-order valence-electron chi connectivity index (χ0n) is 9.96. The maximum Gasteiger partial charge on any atom is 0.221 e. The van der Waals surface area contributed by atoms with Crippen molar-refractivity contribution in [2.75, 3.05) is 5.73 Å². The number of aryl methyl sites for hydroxylation is 1. The summed E-state index contributed by atoms with van der Waals surface area (Å²) in [5, 5.41) is 0.989. The first-order valence-corrected chi connectivity index (χ1v) is 5.69. The van der Waals surface area contributed by atoms with Crippen molar-refractivity contribution < 1.29 is 0 Å². The molecule has 0 atom stereocenters. The second-order valence-corrected chi connectivity index (χ2v) is 4.14. The Morgan fingerprint density at radius 1 is 1.06 bits per heavy atom. The van der Waals surface area contributed by atoms with E-state index in [-0.39, 0.29) is 5.95 Å². The largest absolute Gasteiger partial charge is 0.368 e. The van der Waals surface area contributed by atoms with E-state index in [9.17, 15) is 0 Å². The van der Waals surface area contributed by atoms with Crippen molar-refractivity contribution in [2.45, 2.75) is 6.92 Å². The standard InChI is InChI=1S/C14H12N4/c1-9-6-7-16-8-11(9)13-10-4-2-3-5-12(10)17-14(15)18-13/h2-8H,1H3,(H2,15,17,18). The van der Waals surface area contributed by atoms with Gasteiger partial charge in [0.05, 0.1) is 11.2 Å². The Labute approximate surface area is 105 Å². The Hall–Kier alpha value is -2.49. The molecular formula is C14H12N4. The van der Waals surface area contributed by atoms with Crippen LogP contribution in [0.4, 0.5) is 5.95 Å². The molecule has 4 nitrogen and oxygen atoms in total. The topological polar surface area (TPSA) is 64.7 Å². The lowest BCUT2D eigenvalue weighted by molar-refractivity contribution is 1.21. The number of hydrogen-bond donors (Lipinski definition) is 1. The van der Waals surface area contributed by atoms with Gasteiger partial charge < -0.3 is 5.73 Å². The Bertz CT molecular complexity index is 722. The highest BCUT2D eigenvalue weighted by atomic mass is 15.0. The quantitative estimate of drug-likeness (QED) is 0.705. The third-order valence-electron chi connectivity index (χ3n) is 2.91. The Morgan fingerprint density at radius 2 is 1.89 bits per heavy atom. The lowest BCUT2D eigenvalue weighted by atomic mass is 10.0. The van der Waals surface area contributed by atoms with Crippen molar-refractivity contribution in [3.05, 3.63) is 48.3 Å². The van der Waals surface area contributed by atoms with Gasteiger partial charge in [-0.1, -0.05) is 18.2 Å². The van der Waals surface area contributed by atoms with E-state index < -0.39 is 0 Å². The van der Waals surface area contributed by atoms with E-state index in [4.69, 9.17) is 5.73 Å². The van der Waals surface area contributed by atoms with Crippen molar-refractivity contribution in [1.29, 1.82) is 0 Å². The molecule has 2 heterocycles. The van der Waals surface area contributed by atoms with Gasteiger partial charge in [-0.05, 0) is 24.6 Å². The van der Waals surface area contributed by atoms with Crippen molar-refractivity contribution in [2.24, 2.45) is 0 Å². The molecule has 3 rings (SSSR count). The number of nitrogen functional groups attached to an aromatic ring is 1. The third kappa shape index (κ3) is 1.68. The molecule has 0 saturated heterocycles. The minimum Gasteiger partial charge on any atom is -0.368 e. The predicted molar refractivity (Wildman–Crippen MR) is 71.9 cm³/mol. The van der Waals surface area contributed by atoms with Gasteiger partial charge in [0, 0.05) is 23.3 Å². The highest BCUT2D eigenvalue weighted by molar-refractivity contribution is 5.93. The molecule has 0 aliphatic carbocycles. The normalized spacial score (nSPS) is 10.7. The molecule has 0 spiro atoms. The van der Waals surface area contributed by atoms with Crippen molar-refractivity contribution >= 4 is 16.9 Å². The van der Waals surface area contributed by atoms with Gasteiger partial charge in [0.25, 0.3) is 0 Å². The van der Waals surface area contributed by atoms with Gasteiger partial charge in [-0.25, -0.2) is 9.97 Å². The predicted octanol–water partition coefficient (Wildman–Crippen LogP) is 2.58. The van der Waals surface area contributed by atoms with E-state index in [0.717, 1.165) is 27.7 Å². The fraction of sp³-hybridized carbons (Fsp3) is 0.0714. The fourth-order valence-corrected chi connectivity index (χ4v) is 2.01. The number of benzene rings is 1. The minimum absolute atomic E-state index is 0.284. The van der Waals surface area contributed by atoms with Crippen molar-refractivity contribution in [3.63, 3.8) is 0 Å². The number of nitrogens with two attached hydrogens (primary N) is 1. The SMILES string of the molecule is Cc1ccncc1-c1nc(N)nc2ccccc12. The number of pyridine rings is 1. The number of aromatic nitrogens is 3. The van der Waals surface area contributed by atoms with Crippen LogP contribution in [0.1, 0.15) is 5.56 Å². The van der Waals surface area contributed by atoms with Gasteiger partial charge in [0.15, 0.2) is 0 Å². The summed E-state index contributed by atoms with van der Waals surface area (Å²) in [4.78, 5) is 12.8. The van der Waals surface area contributed by atoms with Crippen LogP contribution in [-0.2, 0) is 0 Å². The van der Waals surface area contributed by atoms with Crippen LogP contribution in [0.5, 0.6) is 0 Å². The van der Waals surface area contributed by atoms with Gasteiger partial charge >= 0.3 is 0 Å². The van der Waals surface area contributed by atoms with Crippen LogP contribution in [0, 0.1) is 6.92 Å². The molecule has 0 saturated carbocycles. The van der Waals surface area contributed by atoms with Crippen LogP contribution in [0.3, 0.4) is 0 Å². The first-order valence-electron chi connectivity index (χ1n) is 5.69. The second-order valence-electron chi connectivity index (χ2n) is 4.14. The van der Waals surface area contributed by atoms with E-state index in [2.05, 4.69) is 15.0 Å². The van der Waals surface area contributed by atoms with Crippen LogP contribution < -0.4 is 5.73 Å². The summed E-state index contributed by atoms with van der Waals surface area (Å²) >= 11 is 0. The van der Waals surface area contributed by atoms with Crippen molar-refractivity contribution in [1.82, 2.24) is 15.0 Å². The summed E-state index contributed by atoms with van der Waals surface area (Å²) in [7, 11) is 0. The maximum atomic E-state index is 5.77. The number of fused-ring (bicyclic) bond motifs is 1. The number of hydrogen-bond acceptors (Lipinski definition) is 4. The molecule has 3 aromatic rings. The molecule has 0 aliphatic heterocycles. The maximum absolute atomic E-state index is 5.77. The third-order valence-corrected chi connectivity index (χ3v) is 2.91. The van der Waals surface area contributed by atoms with Crippen LogP contribution >= 0.6 is 0 Å². The summed E-state index contributed by atoms with van der Waals surface area (Å²) in [6, 6.07) is 9.80. The average molecular weight is 236 g/mol. The smallest absolute Gasteiger partial charge is 0.221 e. The average Bonchev–Trinajstić information content (AvgIpc) is 2.38. The fourth-order valence-electron chi connectivity index (χ4n) is 2.01. The zero-order chi connectivity index (χ0) is 12.5. The molecule has 4 heteroatoms. The van der Waals surface area contributed by atoms with E-state index in [1.165, 1.54) is 0 Å². The molecule has 0 aliphatic rings. The monoisotopic (exact) mass is 236 g/mol. The molecule has 0 radical (unpaired) electrons. The van der Waals surface area contributed by atoms with Gasteiger partial charge in [0.2, 0.25) is 5.95 Å². The van der Waals surface area contributed by atoms with Gasteiger partial charge in [-0.2, -0.15) is 0 Å². The lowest BCUT2D eigenvalue weighted by Gasteiger charge is -2.08. The summed E-state index contributed by atoms with van der Waals surface area (Å²) in [6.07, 6.45) is 3.58. The van der Waals surface area contributed by atoms with Gasteiger partial charge in [0.1, 0.15) is 0 Å². The summed E-state index contributed by atoms with van der Waals surface area (Å²) in [6.45, 7) is 2.03. The molecule has 2 aromatic heterocycles. The van der Waals surface area contributed by atoms with E-state index in [0.29, 0.717) is 0 Å². The molecule has 2 N–H and O–H groups in total. The highest BCUT2D eigenvalue weighted by Gasteiger charge is 2.10. The van der Waals surface area contributed by atoms with E-state index >= 15 is 0 Å². The van der Waals surface area contributed by atoms with Crippen LogP contribution in [-0.4, -0.2) is 15.0 Å². The summed E-state index contributed by atoms with van der Waals surface area (Å²) in [5.41, 5.74) is 9.56. The first kappa shape index (κ1) is 10.7. The molecule has 0 unspecified atom stereocenters. The van der Waals surface area contributed by atoms with Crippen LogP contribution in [0.15, 0.2) is 42.7 Å². The molecular weight excluding hydrogens is 224 g/mol. The van der Waals surface area contributed by atoms with Gasteiger partial charge in [-0.3, -0.25) is 4.98 Å². The first-order chi connectivity index (χ1) is 8.75. The molecule has 0 fully saturated rings.